The minimum Gasteiger partial charge on any atom is -0.508 e. The molecule has 0 saturated heterocycles. The predicted octanol–water partition coefficient (Wildman–Crippen LogP) is 7.47. The third kappa shape index (κ3) is 4.84. The number of phenolic OH excluding ortho intramolecular Hbond substituents is 4. The maximum atomic E-state index is 14.2. The standard InChI is InChI=1S/C32H25FO4/c1-19-16-24(6-13-29(19)33)32(27-17-22(7-14-30(27)36)20-2-9-25(34)10-3-20)28-18-23(8-15-31(28)37)21-4-11-26(35)12-5-21/h2-18,32,34-37H,1H3. The van der Waals surface area contributed by atoms with Gasteiger partial charge in [-0.3, -0.25) is 0 Å². The van der Waals surface area contributed by atoms with E-state index in [0.29, 0.717) is 22.3 Å². The molecule has 0 spiro atoms. The van der Waals surface area contributed by atoms with Crippen molar-refractivity contribution in [2.75, 3.05) is 0 Å². The molecule has 4 nitrogen and oxygen atoms in total. The molecule has 0 unspecified atom stereocenters. The monoisotopic (exact) mass is 492 g/mol. The van der Waals surface area contributed by atoms with E-state index in [-0.39, 0.29) is 28.8 Å². The summed E-state index contributed by atoms with van der Waals surface area (Å²) in [6.45, 7) is 1.68. The quantitative estimate of drug-likeness (QED) is 0.192. The fourth-order valence-corrected chi connectivity index (χ4v) is 4.61. The van der Waals surface area contributed by atoms with Crippen molar-refractivity contribution < 1.29 is 24.8 Å². The molecule has 0 bridgehead atoms. The van der Waals surface area contributed by atoms with Gasteiger partial charge in [-0.05, 0) is 94.9 Å². The van der Waals surface area contributed by atoms with Gasteiger partial charge in [-0.1, -0.05) is 48.5 Å². The van der Waals surface area contributed by atoms with Gasteiger partial charge in [-0.25, -0.2) is 4.39 Å². The van der Waals surface area contributed by atoms with Crippen molar-refractivity contribution in [2.24, 2.45) is 0 Å². The Kier molecular flexibility index (Phi) is 6.28. The Labute approximate surface area is 214 Å². The second-order valence-corrected chi connectivity index (χ2v) is 9.08. The van der Waals surface area contributed by atoms with Gasteiger partial charge in [0.25, 0.3) is 0 Å². The van der Waals surface area contributed by atoms with Gasteiger partial charge >= 0.3 is 0 Å². The first-order chi connectivity index (χ1) is 17.8. The van der Waals surface area contributed by atoms with E-state index < -0.39 is 5.92 Å². The highest BCUT2D eigenvalue weighted by Crippen LogP contribution is 2.43. The normalized spacial score (nSPS) is 11.1. The van der Waals surface area contributed by atoms with Gasteiger partial charge in [0, 0.05) is 17.0 Å². The fourth-order valence-electron chi connectivity index (χ4n) is 4.61. The maximum Gasteiger partial charge on any atom is 0.126 e. The van der Waals surface area contributed by atoms with Crippen molar-refractivity contribution in [2.45, 2.75) is 12.8 Å². The molecule has 0 saturated carbocycles. The molecule has 5 rings (SSSR count). The Balaban J connectivity index is 1.72. The molecule has 0 atom stereocenters. The lowest BCUT2D eigenvalue weighted by atomic mass is 9.81. The van der Waals surface area contributed by atoms with Crippen molar-refractivity contribution in [3.05, 3.63) is 131 Å². The van der Waals surface area contributed by atoms with E-state index in [1.807, 2.05) is 12.1 Å². The van der Waals surface area contributed by atoms with Crippen LogP contribution in [0.4, 0.5) is 4.39 Å². The summed E-state index contributed by atoms with van der Waals surface area (Å²) in [6, 6.07) is 28.7. The zero-order valence-electron chi connectivity index (χ0n) is 20.1. The highest BCUT2D eigenvalue weighted by molar-refractivity contribution is 5.71. The molecule has 4 N–H and O–H groups in total. The number of hydrogen-bond donors (Lipinski definition) is 4. The summed E-state index contributed by atoms with van der Waals surface area (Å²) in [7, 11) is 0. The van der Waals surface area contributed by atoms with Crippen LogP contribution >= 0.6 is 0 Å². The van der Waals surface area contributed by atoms with E-state index >= 15 is 0 Å². The minimum atomic E-state index is -0.617. The number of rotatable bonds is 5. The Morgan fingerprint density at radius 1 is 0.514 bits per heavy atom. The van der Waals surface area contributed by atoms with Crippen LogP contribution < -0.4 is 0 Å². The lowest BCUT2D eigenvalue weighted by Crippen LogP contribution is -2.06. The van der Waals surface area contributed by atoms with Gasteiger partial charge in [0.1, 0.15) is 28.8 Å². The van der Waals surface area contributed by atoms with E-state index in [1.165, 1.54) is 6.07 Å². The summed E-state index contributed by atoms with van der Waals surface area (Å²) in [5.41, 5.74) is 5.53. The van der Waals surface area contributed by atoms with E-state index in [9.17, 15) is 24.8 Å². The van der Waals surface area contributed by atoms with Crippen LogP contribution in [-0.4, -0.2) is 20.4 Å². The Bertz CT molecular complexity index is 1480. The number of aromatic hydroxyl groups is 4. The number of aryl methyl sites for hydroxylation is 1. The summed E-state index contributed by atoms with van der Waals surface area (Å²) in [5, 5.41) is 41.4. The van der Waals surface area contributed by atoms with Crippen LogP contribution in [0.5, 0.6) is 23.0 Å². The van der Waals surface area contributed by atoms with Crippen LogP contribution in [0.1, 0.15) is 28.2 Å². The topological polar surface area (TPSA) is 80.9 Å². The number of benzene rings is 5. The van der Waals surface area contributed by atoms with E-state index in [0.717, 1.165) is 22.3 Å². The third-order valence-corrected chi connectivity index (χ3v) is 6.59. The fraction of sp³-hybridized carbons (Fsp3) is 0.0625. The van der Waals surface area contributed by atoms with Gasteiger partial charge in [0.2, 0.25) is 0 Å². The molecule has 0 aliphatic heterocycles. The molecular weight excluding hydrogens is 467 g/mol. The second-order valence-electron chi connectivity index (χ2n) is 9.08. The predicted molar refractivity (Wildman–Crippen MR) is 142 cm³/mol. The van der Waals surface area contributed by atoms with Gasteiger partial charge in [-0.15, -0.1) is 0 Å². The van der Waals surface area contributed by atoms with E-state index in [1.54, 1.807) is 91.9 Å². The molecule has 0 aliphatic carbocycles. The van der Waals surface area contributed by atoms with Gasteiger partial charge in [0.05, 0.1) is 0 Å². The van der Waals surface area contributed by atoms with Crippen molar-refractivity contribution in [1.29, 1.82) is 0 Å². The molecule has 0 fully saturated rings. The van der Waals surface area contributed by atoms with Gasteiger partial charge in [0.15, 0.2) is 0 Å². The molecule has 5 aromatic rings. The molecule has 37 heavy (non-hydrogen) atoms. The highest BCUT2D eigenvalue weighted by atomic mass is 19.1. The average molecular weight is 493 g/mol. The molecular formula is C32H25FO4. The molecule has 5 aromatic carbocycles. The molecule has 184 valence electrons. The molecule has 0 aromatic heterocycles. The summed E-state index contributed by atoms with van der Waals surface area (Å²) in [4.78, 5) is 0. The third-order valence-electron chi connectivity index (χ3n) is 6.59. The van der Waals surface area contributed by atoms with Crippen molar-refractivity contribution >= 4 is 0 Å². The summed E-state index contributed by atoms with van der Waals surface area (Å²) < 4.78 is 14.2. The molecule has 0 heterocycles. The van der Waals surface area contributed by atoms with Crippen LogP contribution in [0.2, 0.25) is 0 Å². The zero-order chi connectivity index (χ0) is 26.1. The second kappa shape index (κ2) is 9.70. The largest absolute Gasteiger partial charge is 0.508 e. The van der Waals surface area contributed by atoms with Crippen LogP contribution in [0.15, 0.2) is 103 Å². The van der Waals surface area contributed by atoms with Gasteiger partial charge < -0.3 is 20.4 Å². The molecule has 0 aliphatic rings. The first-order valence-electron chi connectivity index (χ1n) is 11.8. The van der Waals surface area contributed by atoms with Crippen molar-refractivity contribution in [3.8, 4) is 45.3 Å². The molecule has 0 amide bonds. The smallest absolute Gasteiger partial charge is 0.126 e. The van der Waals surface area contributed by atoms with Crippen LogP contribution in [0.25, 0.3) is 22.3 Å². The number of hydrogen-bond acceptors (Lipinski definition) is 4. The summed E-state index contributed by atoms with van der Waals surface area (Å²) in [5.74, 6) is -0.593. The number of halogens is 1. The van der Waals surface area contributed by atoms with E-state index in [2.05, 4.69) is 0 Å². The Morgan fingerprint density at radius 2 is 0.946 bits per heavy atom. The first-order valence-corrected chi connectivity index (χ1v) is 11.8. The Hall–Kier alpha value is -4.77. The summed E-state index contributed by atoms with van der Waals surface area (Å²) >= 11 is 0. The first kappa shape index (κ1) is 23.9. The van der Waals surface area contributed by atoms with Crippen molar-refractivity contribution in [3.63, 3.8) is 0 Å². The Morgan fingerprint density at radius 3 is 1.38 bits per heavy atom. The maximum absolute atomic E-state index is 14.2. The zero-order valence-corrected chi connectivity index (χ0v) is 20.1. The van der Waals surface area contributed by atoms with Crippen LogP contribution in [0.3, 0.4) is 0 Å². The average Bonchev–Trinajstić information content (AvgIpc) is 2.89. The SMILES string of the molecule is Cc1cc(C(c2cc(-c3ccc(O)cc3)ccc2O)c2cc(-c3ccc(O)cc3)ccc2O)ccc1F. The lowest BCUT2D eigenvalue weighted by molar-refractivity contribution is 0.458. The minimum absolute atomic E-state index is 0.0314. The van der Waals surface area contributed by atoms with Crippen molar-refractivity contribution in [1.82, 2.24) is 0 Å². The van der Waals surface area contributed by atoms with E-state index in [4.69, 9.17) is 0 Å². The van der Waals surface area contributed by atoms with Gasteiger partial charge in [-0.2, -0.15) is 0 Å². The van der Waals surface area contributed by atoms with Crippen LogP contribution in [0, 0.1) is 12.7 Å². The molecule has 5 heteroatoms. The molecule has 0 radical (unpaired) electrons. The highest BCUT2D eigenvalue weighted by Gasteiger charge is 2.25. The van der Waals surface area contributed by atoms with Crippen LogP contribution in [-0.2, 0) is 0 Å². The lowest BCUT2D eigenvalue weighted by Gasteiger charge is -2.23. The number of phenols is 4. The summed E-state index contributed by atoms with van der Waals surface area (Å²) in [6.07, 6.45) is 0.